The van der Waals surface area contributed by atoms with E-state index in [1.54, 1.807) is 0 Å². The molecular weight excluding hydrogens is 147 g/mol. The van der Waals surface area contributed by atoms with Gasteiger partial charge in [-0.3, -0.25) is 0 Å². The summed E-state index contributed by atoms with van der Waals surface area (Å²) in [6, 6.07) is 0. The van der Waals surface area contributed by atoms with Crippen LogP contribution in [0.5, 0.6) is 0 Å². The van der Waals surface area contributed by atoms with Crippen LogP contribution >= 0.6 is 7.74 Å². The molecule has 0 atom stereocenters. The Morgan fingerprint density at radius 1 is 1.11 bits per heavy atom. The van der Waals surface area contributed by atoms with Crippen molar-refractivity contribution in [2.24, 2.45) is 0 Å². The quantitative estimate of drug-likeness (QED) is 0.554. The molecule has 0 amide bonds. The Morgan fingerprint density at radius 2 is 1.33 bits per heavy atom. The summed E-state index contributed by atoms with van der Waals surface area (Å²) >= 11 is 0. The van der Waals surface area contributed by atoms with Crippen LogP contribution in [0, 0.1) is 0 Å². The van der Waals surface area contributed by atoms with Crippen molar-refractivity contribution < 1.29 is 23.4 Å². The zero-order chi connectivity index (χ0) is 7.57. The van der Waals surface area contributed by atoms with Crippen molar-refractivity contribution in [3.05, 3.63) is 0 Å². The monoisotopic (exact) mass is 157 g/mol. The van der Waals surface area contributed by atoms with Crippen LogP contribution in [0.2, 0.25) is 0 Å². The van der Waals surface area contributed by atoms with E-state index < -0.39 is 7.74 Å². The Bertz CT molecular complexity index is 83.4. The van der Waals surface area contributed by atoms with Crippen LogP contribution in [0.25, 0.3) is 0 Å². The molecule has 0 aromatic heterocycles. The molecular formula is C3H10O5P-. The van der Waals surface area contributed by atoms with E-state index in [0.717, 1.165) is 21.3 Å². The fraction of sp³-hybridized carbons (Fsp3) is 1.00. The maximum atomic E-state index is 10.8. The molecule has 0 aromatic rings. The normalized spacial score (nSPS) is 16.8. The molecule has 1 N–H and O–H groups in total. The van der Waals surface area contributed by atoms with Crippen molar-refractivity contribution >= 4 is 7.74 Å². The Hall–Kier alpha value is 0.230. The first-order valence-corrected chi connectivity index (χ1v) is 4.02. The topological polar surface area (TPSA) is 71.0 Å². The fourth-order valence-electron chi connectivity index (χ4n) is 0.224. The third-order valence-corrected chi connectivity index (χ3v) is 2.75. The van der Waals surface area contributed by atoms with Gasteiger partial charge in [-0.1, -0.05) is 0 Å². The van der Waals surface area contributed by atoms with Gasteiger partial charge in [0.05, 0.1) is 0 Å². The van der Waals surface area contributed by atoms with Crippen LogP contribution in [0.15, 0.2) is 0 Å². The summed E-state index contributed by atoms with van der Waals surface area (Å²) in [5.74, 6) is 0. The van der Waals surface area contributed by atoms with Crippen molar-refractivity contribution in [3.8, 4) is 0 Å². The summed E-state index contributed by atoms with van der Waals surface area (Å²) in [5.41, 5.74) is 0. The van der Waals surface area contributed by atoms with Crippen molar-refractivity contribution in [2.45, 2.75) is 0 Å². The summed E-state index contributed by atoms with van der Waals surface area (Å²) in [4.78, 5) is 19.6. The van der Waals surface area contributed by atoms with Crippen LogP contribution in [0.4, 0.5) is 0 Å². The molecule has 0 aromatic carbocycles. The molecule has 0 aliphatic carbocycles. The fourth-order valence-corrected chi connectivity index (χ4v) is 0.671. The minimum atomic E-state index is -4.88. The van der Waals surface area contributed by atoms with E-state index in [4.69, 9.17) is 4.89 Å². The molecule has 5 nitrogen and oxygen atoms in total. The van der Waals surface area contributed by atoms with Gasteiger partial charge in [-0.25, -0.2) is 0 Å². The number of rotatable bonds is 3. The second-order valence-electron chi connectivity index (χ2n) is 1.32. The summed E-state index contributed by atoms with van der Waals surface area (Å²) in [6.45, 7) is 0. The third-order valence-electron chi connectivity index (χ3n) is 0.916. The van der Waals surface area contributed by atoms with E-state index in [2.05, 4.69) is 13.6 Å². The van der Waals surface area contributed by atoms with Gasteiger partial charge in [0.1, 0.15) is 0 Å². The molecule has 0 fully saturated rings. The van der Waals surface area contributed by atoms with Gasteiger partial charge in [-0.05, 0) is 0 Å². The second kappa shape index (κ2) is 2.46. The molecule has 0 radical (unpaired) electrons. The van der Waals surface area contributed by atoms with Crippen LogP contribution in [-0.4, -0.2) is 26.2 Å². The van der Waals surface area contributed by atoms with Crippen LogP contribution in [0.3, 0.4) is 0 Å². The minimum absolute atomic E-state index is 1.03. The Balaban J connectivity index is 4.20. The maximum absolute atomic E-state index is 10.8. The van der Waals surface area contributed by atoms with E-state index in [1.807, 2.05) is 0 Å². The van der Waals surface area contributed by atoms with Crippen LogP contribution in [0.1, 0.15) is 0 Å². The first-order valence-electron chi connectivity index (χ1n) is 2.16. The summed E-state index contributed by atoms with van der Waals surface area (Å²) in [7, 11) is -1.80. The molecule has 0 rings (SSSR count). The van der Waals surface area contributed by atoms with Crippen molar-refractivity contribution in [3.63, 3.8) is 0 Å². The van der Waals surface area contributed by atoms with Gasteiger partial charge >= 0.3 is 52.4 Å². The second-order valence-corrected chi connectivity index (χ2v) is 3.96. The summed E-state index contributed by atoms with van der Waals surface area (Å²) in [6.07, 6.45) is 0. The predicted molar refractivity (Wildman–Crippen MR) is 30.2 cm³/mol. The van der Waals surface area contributed by atoms with E-state index >= 15 is 0 Å². The van der Waals surface area contributed by atoms with E-state index in [1.165, 1.54) is 0 Å². The SMILES string of the molecule is COP([O-])(O)(OC)OC. The molecule has 0 unspecified atom stereocenters. The molecule has 0 bridgehead atoms. The summed E-state index contributed by atoms with van der Waals surface area (Å²) in [5, 5.41) is 0. The average Bonchev–Trinajstić information content (AvgIpc) is 1.90. The third kappa shape index (κ3) is 2.14. The average molecular weight is 157 g/mol. The van der Waals surface area contributed by atoms with Gasteiger partial charge in [-0.15, -0.1) is 0 Å². The zero-order valence-corrected chi connectivity index (χ0v) is 6.42. The molecule has 58 valence electrons. The van der Waals surface area contributed by atoms with Gasteiger partial charge in [0.25, 0.3) is 0 Å². The summed E-state index contributed by atoms with van der Waals surface area (Å²) < 4.78 is 12.3. The van der Waals surface area contributed by atoms with Gasteiger partial charge in [0.15, 0.2) is 0 Å². The van der Waals surface area contributed by atoms with Gasteiger partial charge < -0.3 is 0 Å². The zero-order valence-electron chi connectivity index (χ0n) is 5.53. The number of hydrogen-bond acceptors (Lipinski definition) is 5. The first kappa shape index (κ1) is 9.23. The van der Waals surface area contributed by atoms with Crippen LogP contribution < -0.4 is 4.89 Å². The van der Waals surface area contributed by atoms with Gasteiger partial charge in [0.2, 0.25) is 0 Å². The number of hydrogen-bond donors (Lipinski definition) is 1. The predicted octanol–water partition coefficient (Wildman–Crippen LogP) is -0.594. The molecule has 0 aliphatic heterocycles. The van der Waals surface area contributed by atoms with E-state index in [0.29, 0.717) is 0 Å². The van der Waals surface area contributed by atoms with Crippen molar-refractivity contribution in [1.29, 1.82) is 0 Å². The van der Waals surface area contributed by atoms with Crippen molar-refractivity contribution in [2.75, 3.05) is 21.3 Å². The van der Waals surface area contributed by atoms with E-state index in [-0.39, 0.29) is 0 Å². The van der Waals surface area contributed by atoms with Gasteiger partial charge in [0, 0.05) is 0 Å². The first-order chi connectivity index (χ1) is 3.96. The van der Waals surface area contributed by atoms with Gasteiger partial charge in [-0.2, -0.15) is 0 Å². The van der Waals surface area contributed by atoms with E-state index in [9.17, 15) is 4.89 Å². The molecule has 0 saturated carbocycles. The Morgan fingerprint density at radius 3 is 1.33 bits per heavy atom. The van der Waals surface area contributed by atoms with Crippen LogP contribution in [-0.2, 0) is 13.6 Å². The Kier molecular flexibility index (Phi) is 2.52. The molecule has 0 heterocycles. The molecule has 9 heavy (non-hydrogen) atoms. The standard InChI is InChI=1S/C3H10O5P/c1-6-9(4,5,7-2)8-3/h4H,1-3H3/q-1. The van der Waals surface area contributed by atoms with Crippen molar-refractivity contribution in [1.82, 2.24) is 0 Å². The molecule has 0 spiro atoms. The molecule has 0 saturated heterocycles. The molecule has 6 heteroatoms. The Labute approximate surface area is 53.5 Å². The molecule has 0 aliphatic rings.